The Morgan fingerprint density at radius 1 is 1.43 bits per heavy atom. The van der Waals surface area contributed by atoms with Crippen LogP contribution in [-0.2, 0) is 23.0 Å². The number of nitrogens with zero attached hydrogens (tertiary/aromatic N) is 4. The Bertz CT molecular complexity index is 727. The van der Waals surface area contributed by atoms with Crippen molar-refractivity contribution >= 4 is 10.0 Å². The van der Waals surface area contributed by atoms with Gasteiger partial charge in [-0.15, -0.1) is 5.10 Å². The van der Waals surface area contributed by atoms with E-state index in [2.05, 4.69) is 33.2 Å². The number of tetrazole rings is 1. The van der Waals surface area contributed by atoms with Crippen LogP contribution < -0.4 is 4.72 Å². The molecule has 0 saturated carbocycles. The third-order valence-electron chi connectivity index (χ3n) is 3.81. The normalized spacial score (nSPS) is 17.9. The van der Waals surface area contributed by atoms with E-state index in [1.165, 1.54) is 22.1 Å². The highest BCUT2D eigenvalue weighted by Crippen LogP contribution is 2.33. The van der Waals surface area contributed by atoms with Gasteiger partial charge in [0, 0.05) is 6.04 Å². The monoisotopic (exact) mass is 307 g/mol. The Morgan fingerprint density at radius 3 is 3.05 bits per heavy atom. The summed E-state index contributed by atoms with van der Waals surface area (Å²) in [5.41, 5.74) is 3.59. The van der Waals surface area contributed by atoms with Crippen LogP contribution in [0, 0.1) is 6.92 Å². The van der Waals surface area contributed by atoms with Gasteiger partial charge in [0.2, 0.25) is 10.0 Å². The minimum absolute atomic E-state index is 0.0321. The summed E-state index contributed by atoms with van der Waals surface area (Å²) in [6.45, 7) is 2.31. The Kier molecular flexibility index (Phi) is 3.73. The zero-order valence-corrected chi connectivity index (χ0v) is 12.5. The number of nitrogens with one attached hydrogen (secondary N) is 1. The van der Waals surface area contributed by atoms with E-state index < -0.39 is 10.0 Å². The van der Waals surface area contributed by atoms with Crippen molar-refractivity contribution in [2.75, 3.05) is 5.75 Å². The van der Waals surface area contributed by atoms with Crippen LogP contribution in [-0.4, -0.2) is 34.4 Å². The Hall–Kier alpha value is -1.80. The van der Waals surface area contributed by atoms with Crippen LogP contribution in [0.2, 0.25) is 0 Å². The molecule has 0 fully saturated rings. The molecule has 1 N–H and O–H groups in total. The van der Waals surface area contributed by atoms with Gasteiger partial charge in [0.25, 0.3) is 0 Å². The lowest BCUT2D eigenvalue weighted by Crippen LogP contribution is -2.31. The highest BCUT2D eigenvalue weighted by molar-refractivity contribution is 7.89. The molecule has 21 heavy (non-hydrogen) atoms. The summed E-state index contributed by atoms with van der Waals surface area (Å²) in [5, 5.41) is 10.6. The van der Waals surface area contributed by atoms with Gasteiger partial charge in [-0.05, 0) is 46.9 Å². The SMILES string of the molecule is Cc1cccc2c1CCC2NS(=O)(=O)CCn1cnnn1. The minimum atomic E-state index is -3.36. The van der Waals surface area contributed by atoms with Gasteiger partial charge in [0.1, 0.15) is 6.33 Å². The van der Waals surface area contributed by atoms with E-state index in [4.69, 9.17) is 0 Å². The lowest BCUT2D eigenvalue weighted by atomic mass is 10.0. The van der Waals surface area contributed by atoms with E-state index in [0.717, 1.165) is 18.4 Å². The van der Waals surface area contributed by atoms with Crippen LogP contribution >= 0.6 is 0 Å². The van der Waals surface area contributed by atoms with Gasteiger partial charge >= 0.3 is 0 Å². The van der Waals surface area contributed by atoms with Gasteiger partial charge in [-0.2, -0.15) is 0 Å². The maximum absolute atomic E-state index is 12.2. The van der Waals surface area contributed by atoms with Crippen LogP contribution in [0.4, 0.5) is 0 Å². The number of hydrogen-bond donors (Lipinski definition) is 1. The Morgan fingerprint density at radius 2 is 2.29 bits per heavy atom. The second kappa shape index (κ2) is 5.53. The van der Waals surface area contributed by atoms with Crippen LogP contribution in [0.1, 0.15) is 29.2 Å². The van der Waals surface area contributed by atoms with E-state index in [9.17, 15) is 8.42 Å². The molecule has 1 aromatic heterocycles. The summed E-state index contributed by atoms with van der Waals surface area (Å²) in [6, 6.07) is 5.91. The molecule has 2 aromatic rings. The summed E-state index contributed by atoms with van der Waals surface area (Å²) in [6.07, 6.45) is 3.14. The summed E-state index contributed by atoms with van der Waals surface area (Å²) < 4.78 is 28.6. The first kappa shape index (κ1) is 14.2. The molecule has 8 heteroatoms. The fourth-order valence-electron chi connectivity index (χ4n) is 2.73. The number of hydrogen-bond acceptors (Lipinski definition) is 5. The first-order valence-electron chi connectivity index (χ1n) is 6.84. The van der Waals surface area contributed by atoms with Crippen molar-refractivity contribution in [1.29, 1.82) is 0 Å². The van der Waals surface area contributed by atoms with Gasteiger partial charge < -0.3 is 0 Å². The number of sulfonamides is 1. The second-order valence-electron chi connectivity index (χ2n) is 5.24. The summed E-state index contributed by atoms with van der Waals surface area (Å²) in [5.74, 6) is -0.0321. The molecule has 1 unspecified atom stereocenters. The van der Waals surface area contributed by atoms with Crippen molar-refractivity contribution in [3.05, 3.63) is 41.2 Å². The summed E-state index contributed by atoms with van der Waals surface area (Å²) in [4.78, 5) is 0. The number of benzene rings is 1. The first-order valence-corrected chi connectivity index (χ1v) is 8.49. The molecule has 0 saturated heterocycles. The maximum Gasteiger partial charge on any atom is 0.213 e. The third-order valence-corrected chi connectivity index (χ3v) is 5.17. The van der Waals surface area contributed by atoms with Crippen LogP contribution in [0.5, 0.6) is 0 Å². The molecular weight excluding hydrogens is 290 g/mol. The molecule has 1 atom stereocenters. The van der Waals surface area contributed by atoms with Crippen LogP contribution in [0.15, 0.2) is 24.5 Å². The molecular formula is C13H17N5O2S. The first-order chi connectivity index (χ1) is 10.1. The lowest BCUT2D eigenvalue weighted by Gasteiger charge is -2.14. The fourth-order valence-corrected chi connectivity index (χ4v) is 3.96. The molecule has 0 amide bonds. The van der Waals surface area contributed by atoms with Crippen molar-refractivity contribution in [2.24, 2.45) is 0 Å². The molecule has 7 nitrogen and oxygen atoms in total. The Balaban J connectivity index is 1.68. The van der Waals surface area contributed by atoms with E-state index in [1.807, 2.05) is 12.1 Å². The molecule has 112 valence electrons. The zero-order chi connectivity index (χ0) is 14.9. The topological polar surface area (TPSA) is 89.8 Å². The zero-order valence-electron chi connectivity index (χ0n) is 11.7. The largest absolute Gasteiger partial charge is 0.231 e. The summed E-state index contributed by atoms with van der Waals surface area (Å²) in [7, 11) is -3.36. The molecule has 1 heterocycles. The van der Waals surface area contributed by atoms with E-state index in [1.54, 1.807) is 0 Å². The van der Waals surface area contributed by atoms with Crippen molar-refractivity contribution in [1.82, 2.24) is 24.9 Å². The second-order valence-corrected chi connectivity index (χ2v) is 7.12. The van der Waals surface area contributed by atoms with Crippen molar-refractivity contribution in [3.63, 3.8) is 0 Å². The molecule has 1 aromatic carbocycles. The van der Waals surface area contributed by atoms with Crippen LogP contribution in [0.3, 0.4) is 0 Å². The molecule has 1 aliphatic carbocycles. The molecule has 0 bridgehead atoms. The average Bonchev–Trinajstić information content (AvgIpc) is 3.07. The molecule has 0 radical (unpaired) electrons. The molecule has 0 spiro atoms. The fraction of sp³-hybridized carbons (Fsp3) is 0.462. The highest BCUT2D eigenvalue weighted by atomic mass is 32.2. The lowest BCUT2D eigenvalue weighted by molar-refractivity contribution is 0.541. The number of aromatic nitrogens is 4. The maximum atomic E-state index is 12.2. The minimum Gasteiger partial charge on any atom is -0.231 e. The average molecular weight is 307 g/mol. The van der Waals surface area contributed by atoms with Crippen LogP contribution in [0.25, 0.3) is 0 Å². The summed E-state index contributed by atoms with van der Waals surface area (Å²) >= 11 is 0. The van der Waals surface area contributed by atoms with Crippen molar-refractivity contribution < 1.29 is 8.42 Å². The van der Waals surface area contributed by atoms with E-state index in [0.29, 0.717) is 0 Å². The molecule has 3 rings (SSSR count). The molecule has 0 aliphatic heterocycles. The highest BCUT2D eigenvalue weighted by Gasteiger charge is 2.27. The van der Waals surface area contributed by atoms with Gasteiger partial charge in [0.05, 0.1) is 12.3 Å². The van der Waals surface area contributed by atoms with Gasteiger partial charge in [-0.3, -0.25) is 0 Å². The van der Waals surface area contributed by atoms with E-state index >= 15 is 0 Å². The van der Waals surface area contributed by atoms with Gasteiger partial charge in [-0.25, -0.2) is 17.8 Å². The predicted molar refractivity (Wildman–Crippen MR) is 77.0 cm³/mol. The van der Waals surface area contributed by atoms with Gasteiger partial charge in [0.15, 0.2) is 0 Å². The third kappa shape index (κ3) is 3.11. The number of rotatable bonds is 5. The molecule has 1 aliphatic rings. The Labute approximate surface area is 123 Å². The van der Waals surface area contributed by atoms with Crippen molar-refractivity contribution in [3.8, 4) is 0 Å². The predicted octanol–water partition coefficient (Wildman–Crippen LogP) is 0.588. The number of aryl methyl sites for hydroxylation is 2. The quantitative estimate of drug-likeness (QED) is 0.873. The van der Waals surface area contributed by atoms with Crippen molar-refractivity contribution in [2.45, 2.75) is 32.4 Å². The smallest absolute Gasteiger partial charge is 0.213 e. The van der Waals surface area contributed by atoms with Gasteiger partial charge in [-0.1, -0.05) is 18.2 Å². The number of fused-ring (bicyclic) bond motifs is 1. The standard InChI is InChI=1S/C13H17N5O2S/c1-10-3-2-4-12-11(10)5-6-13(12)15-21(19,20)8-7-18-9-14-16-17-18/h2-4,9,13,15H,5-8H2,1H3. The van der Waals surface area contributed by atoms with E-state index in [-0.39, 0.29) is 18.3 Å².